The molecule has 6 nitrogen and oxygen atoms in total. The van der Waals surface area contributed by atoms with Gasteiger partial charge in [0.25, 0.3) is 15.9 Å². The van der Waals surface area contributed by atoms with Crippen LogP contribution in [-0.2, 0) is 14.8 Å². The minimum absolute atomic E-state index is 0.0904. The minimum atomic E-state index is -3.80. The van der Waals surface area contributed by atoms with Crippen LogP contribution in [0.4, 0.5) is 0 Å². The first-order valence-electron chi connectivity index (χ1n) is 7.60. The number of benzene rings is 2. The number of hydrazine groups is 1. The number of carbonyl (C=O) groups excluding carboxylic acids is 1. The van der Waals surface area contributed by atoms with Crippen molar-refractivity contribution in [2.75, 3.05) is 5.75 Å². The van der Waals surface area contributed by atoms with Crippen LogP contribution < -0.4 is 10.3 Å². The third kappa shape index (κ3) is 4.28. The van der Waals surface area contributed by atoms with E-state index in [9.17, 15) is 13.2 Å². The van der Waals surface area contributed by atoms with E-state index in [1.165, 1.54) is 23.9 Å². The number of amides is 1. The Labute approximate surface area is 150 Å². The number of aliphatic imine (C=N–C) groups is 1. The molecule has 1 amide bonds. The number of carbonyl (C=O) groups is 1. The lowest BCUT2D eigenvalue weighted by molar-refractivity contribution is -0.122. The van der Waals surface area contributed by atoms with Crippen LogP contribution in [0, 0.1) is 6.92 Å². The van der Waals surface area contributed by atoms with Crippen molar-refractivity contribution in [3.63, 3.8) is 0 Å². The standard InChI is InChI=1S/C17H17N3O3S2/c1-12-7-9-14(10-8-12)25(22,23)20-19-16(21)15-11-24-17(18-15)13-5-3-2-4-6-13/h2-10,15,20H,11H2,1H3,(H,19,21)/t15-/m0/s1. The van der Waals surface area contributed by atoms with Gasteiger partial charge in [-0.3, -0.25) is 15.2 Å². The fourth-order valence-electron chi connectivity index (χ4n) is 2.22. The number of nitrogens with one attached hydrogen (secondary N) is 2. The van der Waals surface area contributed by atoms with Crippen LogP contribution in [0.25, 0.3) is 0 Å². The molecule has 0 saturated carbocycles. The second kappa shape index (κ2) is 7.38. The SMILES string of the molecule is Cc1ccc(S(=O)(=O)NNC(=O)[C@@H]2CSC(c3ccccc3)=N2)cc1. The molecule has 2 aromatic carbocycles. The van der Waals surface area contributed by atoms with Crippen molar-refractivity contribution in [2.24, 2.45) is 4.99 Å². The maximum absolute atomic E-state index is 12.2. The highest BCUT2D eigenvalue weighted by Gasteiger charge is 2.26. The van der Waals surface area contributed by atoms with Gasteiger partial charge >= 0.3 is 0 Å². The Balaban J connectivity index is 1.63. The fraction of sp³-hybridized carbons (Fsp3) is 0.176. The lowest BCUT2D eigenvalue weighted by atomic mass is 10.2. The van der Waals surface area contributed by atoms with E-state index in [0.717, 1.165) is 16.2 Å². The summed E-state index contributed by atoms with van der Waals surface area (Å²) in [6, 6.07) is 15.3. The Morgan fingerprint density at radius 3 is 2.48 bits per heavy atom. The zero-order chi connectivity index (χ0) is 17.9. The normalized spacial score (nSPS) is 17.2. The molecule has 0 fully saturated rings. The molecule has 25 heavy (non-hydrogen) atoms. The monoisotopic (exact) mass is 375 g/mol. The number of aryl methyl sites for hydroxylation is 1. The molecule has 130 valence electrons. The summed E-state index contributed by atoms with van der Waals surface area (Å²) >= 11 is 1.48. The summed E-state index contributed by atoms with van der Waals surface area (Å²) in [5.74, 6) is -0.00314. The van der Waals surface area contributed by atoms with Gasteiger partial charge in [0.2, 0.25) is 0 Å². The van der Waals surface area contributed by atoms with E-state index < -0.39 is 22.0 Å². The molecule has 1 aliphatic heterocycles. The lowest BCUT2D eigenvalue weighted by Crippen LogP contribution is -2.46. The van der Waals surface area contributed by atoms with Gasteiger partial charge in [-0.1, -0.05) is 48.0 Å². The van der Waals surface area contributed by atoms with E-state index in [1.54, 1.807) is 12.1 Å². The first-order chi connectivity index (χ1) is 12.0. The second-order valence-corrected chi connectivity index (χ2v) is 8.23. The van der Waals surface area contributed by atoms with Crippen molar-refractivity contribution in [1.82, 2.24) is 10.3 Å². The van der Waals surface area contributed by atoms with Gasteiger partial charge < -0.3 is 0 Å². The van der Waals surface area contributed by atoms with E-state index in [2.05, 4.69) is 15.2 Å². The Morgan fingerprint density at radius 2 is 1.80 bits per heavy atom. The van der Waals surface area contributed by atoms with Crippen LogP contribution >= 0.6 is 11.8 Å². The summed E-state index contributed by atoms with van der Waals surface area (Å²) in [5.41, 5.74) is 4.15. The largest absolute Gasteiger partial charge is 0.276 e. The van der Waals surface area contributed by atoms with Crippen molar-refractivity contribution in [2.45, 2.75) is 17.9 Å². The molecule has 1 heterocycles. The number of hydrogen-bond acceptors (Lipinski definition) is 5. The quantitative estimate of drug-likeness (QED) is 0.781. The average molecular weight is 375 g/mol. The second-order valence-electron chi connectivity index (χ2n) is 5.53. The van der Waals surface area contributed by atoms with Crippen molar-refractivity contribution in [3.05, 3.63) is 65.7 Å². The summed E-state index contributed by atoms with van der Waals surface area (Å²) in [6.07, 6.45) is 0. The summed E-state index contributed by atoms with van der Waals surface area (Å²) in [4.78, 5) is 18.8. The Kier molecular flexibility index (Phi) is 5.22. The van der Waals surface area contributed by atoms with Crippen LogP contribution in [0.5, 0.6) is 0 Å². The van der Waals surface area contributed by atoms with E-state index in [0.29, 0.717) is 5.75 Å². The molecule has 1 aliphatic rings. The van der Waals surface area contributed by atoms with Crippen LogP contribution in [0.15, 0.2) is 64.5 Å². The lowest BCUT2D eigenvalue weighted by Gasteiger charge is -2.10. The number of rotatable bonds is 5. The molecule has 0 aliphatic carbocycles. The number of nitrogens with zero attached hydrogens (tertiary/aromatic N) is 1. The smallest absolute Gasteiger partial charge is 0.260 e. The fourth-order valence-corrected chi connectivity index (χ4v) is 4.12. The number of thioether (sulfide) groups is 1. The van der Waals surface area contributed by atoms with Crippen molar-refractivity contribution in [3.8, 4) is 0 Å². The van der Waals surface area contributed by atoms with Crippen molar-refractivity contribution in [1.29, 1.82) is 0 Å². The predicted molar refractivity (Wildman–Crippen MR) is 98.9 cm³/mol. The Hall–Kier alpha value is -2.16. The van der Waals surface area contributed by atoms with Gasteiger partial charge in [-0.25, -0.2) is 8.42 Å². The van der Waals surface area contributed by atoms with Gasteiger partial charge in [0.1, 0.15) is 6.04 Å². The zero-order valence-electron chi connectivity index (χ0n) is 13.5. The van der Waals surface area contributed by atoms with E-state index >= 15 is 0 Å². The van der Waals surface area contributed by atoms with Gasteiger partial charge in [0.15, 0.2) is 0 Å². The van der Waals surface area contributed by atoms with Gasteiger partial charge in [0, 0.05) is 11.3 Å². The van der Waals surface area contributed by atoms with Crippen LogP contribution in [0.2, 0.25) is 0 Å². The van der Waals surface area contributed by atoms with Crippen LogP contribution in [0.3, 0.4) is 0 Å². The van der Waals surface area contributed by atoms with Gasteiger partial charge in [-0.15, -0.1) is 16.6 Å². The maximum atomic E-state index is 12.2. The van der Waals surface area contributed by atoms with Crippen LogP contribution in [0.1, 0.15) is 11.1 Å². The summed E-state index contributed by atoms with van der Waals surface area (Å²) in [7, 11) is -3.80. The third-order valence-corrected chi connectivity index (χ3v) is 5.97. The highest BCUT2D eigenvalue weighted by Crippen LogP contribution is 2.23. The maximum Gasteiger partial charge on any atom is 0.260 e. The first-order valence-corrected chi connectivity index (χ1v) is 10.1. The highest BCUT2D eigenvalue weighted by atomic mass is 32.2. The minimum Gasteiger partial charge on any atom is -0.276 e. The van der Waals surface area contributed by atoms with E-state index in [4.69, 9.17) is 0 Å². The van der Waals surface area contributed by atoms with Crippen LogP contribution in [-0.4, -0.2) is 31.2 Å². The molecule has 0 radical (unpaired) electrons. The van der Waals surface area contributed by atoms with Gasteiger partial charge in [-0.05, 0) is 19.1 Å². The topological polar surface area (TPSA) is 87.6 Å². The molecule has 0 saturated heterocycles. The molecular weight excluding hydrogens is 358 g/mol. The van der Waals surface area contributed by atoms with Crippen molar-refractivity contribution >= 4 is 32.7 Å². The summed E-state index contributed by atoms with van der Waals surface area (Å²) in [5, 5.41) is 0.780. The number of hydrogen-bond donors (Lipinski definition) is 2. The average Bonchev–Trinajstić information content (AvgIpc) is 3.11. The molecular formula is C17H17N3O3S2. The molecule has 0 bridgehead atoms. The third-order valence-electron chi connectivity index (χ3n) is 3.61. The van der Waals surface area contributed by atoms with Gasteiger partial charge in [0.05, 0.1) is 9.94 Å². The highest BCUT2D eigenvalue weighted by molar-refractivity contribution is 8.14. The van der Waals surface area contributed by atoms with E-state index in [1.807, 2.05) is 37.3 Å². The van der Waals surface area contributed by atoms with E-state index in [-0.39, 0.29) is 4.90 Å². The van der Waals surface area contributed by atoms with Gasteiger partial charge in [-0.2, -0.15) is 0 Å². The summed E-state index contributed by atoms with van der Waals surface area (Å²) < 4.78 is 24.4. The predicted octanol–water partition coefficient (Wildman–Crippen LogP) is 1.87. The molecule has 0 aromatic heterocycles. The molecule has 3 rings (SSSR count). The molecule has 8 heteroatoms. The molecule has 2 N–H and O–H groups in total. The molecule has 2 aromatic rings. The molecule has 1 atom stereocenters. The molecule has 0 spiro atoms. The Bertz CT molecular complexity index is 894. The first kappa shape index (κ1) is 17.7. The zero-order valence-corrected chi connectivity index (χ0v) is 15.1. The Morgan fingerprint density at radius 1 is 1.12 bits per heavy atom. The van der Waals surface area contributed by atoms with Crippen molar-refractivity contribution < 1.29 is 13.2 Å². The summed E-state index contributed by atoms with van der Waals surface area (Å²) in [6.45, 7) is 1.87. The number of sulfonamides is 1. The molecule has 0 unspecified atom stereocenters.